The van der Waals surface area contributed by atoms with Crippen molar-refractivity contribution < 1.29 is 14.3 Å². The lowest BCUT2D eigenvalue weighted by Crippen LogP contribution is -1.97. The van der Waals surface area contributed by atoms with Gasteiger partial charge in [-0.1, -0.05) is 46.9 Å². The van der Waals surface area contributed by atoms with Crippen LogP contribution in [0, 0.1) is 0 Å². The summed E-state index contributed by atoms with van der Waals surface area (Å²) >= 11 is 18.1. The van der Waals surface area contributed by atoms with Crippen LogP contribution in [-0.4, -0.2) is 16.1 Å². The molecule has 1 aromatic heterocycles. The highest BCUT2D eigenvalue weighted by Gasteiger charge is 2.18. The minimum atomic E-state index is -0.918. The predicted octanol–water partition coefficient (Wildman–Crippen LogP) is 5.99. The first kappa shape index (κ1) is 17.8. The highest BCUT2D eigenvalue weighted by molar-refractivity contribution is 6.35. The normalized spacial score (nSPS) is 10.8. The van der Waals surface area contributed by atoms with E-state index in [0.717, 1.165) is 5.56 Å². The molecule has 0 saturated carbocycles. The molecule has 25 heavy (non-hydrogen) atoms. The van der Waals surface area contributed by atoms with Crippen LogP contribution in [0.4, 0.5) is 0 Å². The van der Waals surface area contributed by atoms with Crippen LogP contribution in [0.1, 0.15) is 12.3 Å². The number of oxazole rings is 1. The molecule has 1 N–H and O–H groups in total. The summed E-state index contributed by atoms with van der Waals surface area (Å²) in [5.41, 5.74) is 2.03. The molecular weight excluding hydrogens is 385 g/mol. The Morgan fingerprint density at radius 2 is 1.60 bits per heavy atom. The fourth-order valence-corrected chi connectivity index (χ4v) is 3.02. The van der Waals surface area contributed by atoms with Crippen LogP contribution >= 0.6 is 34.8 Å². The van der Waals surface area contributed by atoms with E-state index >= 15 is 0 Å². The second-order valence-corrected chi connectivity index (χ2v) is 6.65. The number of carboxylic acids is 1. The number of aryl methyl sites for hydroxylation is 1. The molecule has 0 unspecified atom stereocenters. The van der Waals surface area contributed by atoms with Gasteiger partial charge in [0.15, 0.2) is 11.7 Å². The maximum atomic E-state index is 10.8. The summed E-state index contributed by atoms with van der Waals surface area (Å²) in [6, 6.07) is 12.2. The van der Waals surface area contributed by atoms with Gasteiger partial charge in [0.25, 0.3) is 0 Å². The molecule has 0 aliphatic carbocycles. The molecule has 4 nitrogen and oxygen atoms in total. The van der Waals surface area contributed by atoms with Gasteiger partial charge in [0.2, 0.25) is 0 Å². The summed E-state index contributed by atoms with van der Waals surface area (Å²) in [5, 5.41) is 10.4. The van der Waals surface area contributed by atoms with E-state index in [-0.39, 0.29) is 12.8 Å². The van der Waals surface area contributed by atoms with E-state index in [1.54, 1.807) is 30.3 Å². The lowest BCUT2D eigenvalue weighted by atomic mass is 10.1. The molecule has 0 spiro atoms. The summed E-state index contributed by atoms with van der Waals surface area (Å²) < 4.78 is 5.82. The molecule has 0 aliphatic heterocycles. The third kappa shape index (κ3) is 4.34. The van der Waals surface area contributed by atoms with E-state index in [4.69, 9.17) is 44.3 Å². The summed E-state index contributed by atoms with van der Waals surface area (Å²) in [6.45, 7) is 0. The molecule has 0 aliphatic rings. The van der Waals surface area contributed by atoms with E-state index < -0.39 is 5.97 Å². The van der Waals surface area contributed by atoms with Crippen molar-refractivity contribution in [2.75, 3.05) is 0 Å². The van der Waals surface area contributed by atoms with Crippen LogP contribution in [0.5, 0.6) is 0 Å². The number of nitrogens with zero attached hydrogens (tertiary/aromatic N) is 1. The van der Waals surface area contributed by atoms with Crippen molar-refractivity contribution in [2.24, 2.45) is 0 Å². The second kappa shape index (κ2) is 7.48. The minimum Gasteiger partial charge on any atom is -0.481 e. The fraction of sp³-hybridized carbons (Fsp3) is 0.111. The van der Waals surface area contributed by atoms with Crippen molar-refractivity contribution in [2.45, 2.75) is 12.8 Å². The number of aliphatic carboxylic acids is 1. The van der Waals surface area contributed by atoms with Crippen molar-refractivity contribution >= 4 is 40.8 Å². The summed E-state index contributed by atoms with van der Waals surface area (Å²) in [7, 11) is 0. The van der Waals surface area contributed by atoms with Gasteiger partial charge >= 0.3 is 5.97 Å². The second-order valence-electron chi connectivity index (χ2n) is 5.34. The number of aromatic nitrogens is 1. The van der Waals surface area contributed by atoms with Gasteiger partial charge in [-0.2, -0.15) is 0 Å². The lowest BCUT2D eigenvalue weighted by Gasteiger charge is -2.03. The molecule has 3 aromatic rings. The third-order valence-corrected chi connectivity index (χ3v) is 4.16. The lowest BCUT2D eigenvalue weighted by molar-refractivity contribution is -0.137. The monoisotopic (exact) mass is 395 g/mol. The Balaban J connectivity index is 2.10. The van der Waals surface area contributed by atoms with Crippen molar-refractivity contribution in [3.05, 3.63) is 63.4 Å². The molecule has 2 aromatic carbocycles. The number of carbonyl (C=O) groups is 1. The molecule has 0 atom stereocenters. The Labute approximate surface area is 159 Å². The summed E-state index contributed by atoms with van der Waals surface area (Å²) in [5.74, 6) is -0.107. The molecule has 1 heterocycles. The first-order valence-electron chi connectivity index (χ1n) is 7.36. The van der Waals surface area contributed by atoms with Gasteiger partial charge in [-0.15, -0.1) is 0 Å². The van der Waals surface area contributed by atoms with Gasteiger partial charge in [-0.25, -0.2) is 4.98 Å². The van der Waals surface area contributed by atoms with E-state index in [0.29, 0.717) is 38.0 Å². The predicted molar refractivity (Wildman–Crippen MR) is 98.4 cm³/mol. The molecule has 0 fully saturated rings. The Bertz CT molecular complexity index is 900. The van der Waals surface area contributed by atoms with Crippen LogP contribution in [0.15, 0.2) is 46.9 Å². The van der Waals surface area contributed by atoms with Gasteiger partial charge in [0, 0.05) is 32.6 Å². The molecule has 0 saturated heterocycles. The first-order chi connectivity index (χ1) is 11.9. The van der Waals surface area contributed by atoms with Crippen molar-refractivity contribution in [1.29, 1.82) is 0 Å². The van der Waals surface area contributed by atoms with Crippen LogP contribution in [0.2, 0.25) is 15.1 Å². The Kier molecular flexibility index (Phi) is 5.33. The number of benzene rings is 2. The first-order valence-corrected chi connectivity index (χ1v) is 8.49. The smallest absolute Gasteiger partial charge is 0.303 e. The molecule has 128 valence electrons. The third-order valence-electron chi connectivity index (χ3n) is 3.47. The van der Waals surface area contributed by atoms with Crippen molar-refractivity contribution in [3.8, 4) is 22.6 Å². The van der Waals surface area contributed by atoms with E-state index in [9.17, 15) is 4.79 Å². The number of rotatable bonds is 5. The average Bonchev–Trinajstić information content (AvgIpc) is 2.97. The zero-order valence-corrected chi connectivity index (χ0v) is 15.1. The number of hydrogen-bond acceptors (Lipinski definition) is 3. The van der Waals surface area contributed by atoms with E-state index in [1.165, 1.54) is 0 Å². The molecule has 7 heteroatoms. The number of hydrogen-bond donors (Lipinski definition) is 1. The number of halogens is 3. The Morgan fingerprint density at radius 1 is 0.960 bits per heavy atom. The van der Waals surface area contributed by atoms with Crippen LogP contribution in [0.3, 0.4) is 0 Å². The Morgan fingerprint density at radius 3 is 2.20 bits per heavy atom. The van der Waals surface area contributed by atoms with E-state index in [1.807, 2.05) is 12.1 Å². The van der Waals surface area contributed by atoms with Gasteiger partial charge in [-0.05, 0) is 30.3 Å². The van der Waals surface area contributed by atoms with Crippen LogP contribution < -0.4 is 0 Å². The van der Waals surface area contributed by atoms with Gasteiger partial charge in [0.05, 0.1) is 6.42 Å². The highest BCUT2D eigenvalue weighted by atomic mass is 35.5. The van der Waals surface area contributed by atoms with Gasteiger partial charge < -0.3 is 9.52 Å². The van der Waals surface area contributed by atoms with Crippen LogP contribution in [0.25, 0.3) is 22.6 Å². The van der Waals surface area contributed by atoms with Crippen LogP contribution in [-0.2, 0) is 11.2 Å². The highest BCUT2D eigenvalue weighted by Crippen LogP contribution is 2.36. The zero-order chi connectivity index (χ0) is 18.0. The van der Waals surface area contributed by atoms with Crippen molar-refractivity contribution in [1.82, 2.24) is 4.98 Å². The van der Waals surface area contributed by atoms with Gasteiger partial charge in [0.1, 0.15) is 5.69 Å². The maximum Gasteiger partial charge on any atom is 0.303 e. The van der Waals surface area contributed by atoms with E-state index in [2.05, 4.69) is 4.98 Å². The zero-order valence-electron chi connectivity index (χ0n) is 12.8. The standard InChI is InChI=1S/C18H12Cl3NO3/c19-12-3-1-10(2-4-12)17-18(11-7-13(20)9-14(21)8-11)25-15(22-17)5-6-16(23)24/h1-4,7-9H,5-6H2,(H,23,24). The quantitative estimate of drug-likeness (QED) is 0.575. The molecule has 0 radical (unpaired) electrons. The fourth-order valence-electron chi connectivity index (χ4n) is 2.37. The summed E-state index contributed by atoms with van der Waals surface area (Å²) in [4.78, 5) is 15.3. The average molecular weight is 397 g/mol. The minimum absolute atomic E-state index is 0.0731. The molecular formula is C18H12Cl3NO3. The Hall–Kier alpha value is -2.01. The molecule has 3 rings (SSSR count). The number of carboxylic acid groups (broad SMARTS) is 1. The SMILES string of the molecule is O=C(O)CCc1nc(-c2ccc(Cl)cc2)c(-c2cc(Cl)cc(Cl)c2)o1. The van der Waals surface area contributed by atoms with Crippen molar-refractivity contribution in [3.63, 3.8) is 0 Å². The summed E-state index contributed by atoms with van der Waals surface area (Å²) in [6.07, 6.45) is 0.112. The molecule has 0 amide bonds. The molecule has 0 bridgehead atoms. The largest absolute Gasteiger partial charge is 0.481 e. The topological polar surface area (TPSA) is 63.3 Å². The van der Waals surface area contributed by atoms with Gasteiger partial charge in [-0.3, -0.25) is 4.79 Å². The maximum absolute atomic E-state index is 10.8.